The molecule has 1 unspecified atom stereocenters. The van der Waals surface area contributed by atoms with Gasteiger partial charge in [0.05, 0.1) is 6.10 Å². The summed E-state index contributed by atoms with van der Waals surface area (Å²) in [6.07, 6.45) is 5.42. The molecule has 1 amide bonds. The number of aromatic nitrogens is 2. The van der Waals surface area contributed by atoms with Crippen molar-refractivity contribution in [3.05, 3.63) is 72.3 Å². The van der Waals surface area contributed by atoms with Gasteiger partial charge in [0.1, 0.15) is 5.82 Å². The van der Waals surface area contributed by atoms with E-state index in [9.17, 15) is 9.18 Å². The first-order chi connectivity index (χ1) is 14.2. The Morgan fingerprint density at radius 3 is 2.59 bits per heavy atom. The van der Waals surface area contributed by atoms with E-state index in [4.69, 9.17) is 4.74 Å². The van der Waals surface area contributed by atoms with Crippen LogP contribution in [0.1, 0.15) is 23.2 Å². The highest BCUT2D eigenvalue weighted by Gasteiger charge is 2.16. The molecule has 0 aliphatic carbocycles. The molecule has 4 rings (SSSR count). The Balaban J connectivity index is 1.35. The second kappa shape index (κ2) is 8.79. The number of amides is 1. The minimum absolute atomic E-state index is 0.118. The maximum Gasteiger partial charge on any atom is 0.251 e. The third kappa shape index (κ3) is 4.94. The van der Waals surface area contributed by atoms with Crippen LogP contribution in [-0.4, -0.2) is 35.1 Å². The van der Waals surface area contributed by atoms with Crippen molar-refractivity contribution in [1.29, 1.82) is 0 Å². The minimum atomic E-state index is -0.301. The van der Waals surface area contributed by atoms with Gasteiger partial charge < -0.3 is 15.4 Å². The Morgan fingerprint density at radius 1 is 1.10 bits per heavy atom. The van der Waals surface area contributed by atoms with Gasteiger partial charge in [-0.3, -0.25) is 4.79 Å². The summed E-state index contributed by atoms with van der Waals surface area (Å²) in [5, 5.41) is 5.99. The smallest absolute Gasteiger partial charge is 0.251 e. The molecule has 0 radical (unpaired) electrons. The van der Waals surface area contributed by atoms with E-state index < -0.39 is 0 Å². The third-order valence-corrected chi connectivity index (χ3v) is 4.73. The molecule has 3 aromatic rings. The van der Waals surface area contributed by atoms with E-state index in [1.807, 2.05) is 0 Å². The number of halogens is 1. The lowest BCUT2D eigenvalue weighted by Crippen LogP contribution is -2.31. The van der Waals surface area contributed by atoms with Crippen LogP contribution >= 0.6 is 0 Å². The lowest BCUT2D eigenvalue weighted by Gasteiger charge is -2.11. The summed E-state index contributed by atoms with van der Waals surface area (Å²) >= 11 is 0. The number of hydrogen-bond donors (Lipinski definition) is 2. The Kier molecular flexibility index (Phi) is 5.76. The molecule has 6 nitrogen and oxygen atoms in total. The summed E-state index contributed by atoms with van der Waals surface area (Å²) in [7, 11) is 0. The zero-order chi connectivity index (χ0) is 20.1. The molecule has 148 valence electrons. The zero-order valence-corrected chi connectivity index (χ0v) is 15.8. The van der Waals surface area contributed by atoms with Gasteiger partial charge in [-0.25, -0.2) is 14.4 Å². The summed E-state index contributed by atoms with van der Waals surface area (Å²) in [5.41, 5.74) is 2.79. The molecule has 2 N–H and O–H groups in total. The van der Waals surface area contributed by atoms with Gasteiger partial charge in [-0.15, -0.1) is 0 Å². The number of benzene rings is 2. The molecule has 1 aliphatic rings. The lowest BCUT2D eigenvalue weighted by molar-refractivity contribution is 0.0858. The Hall–Kier alpha value is -3.32. The average Bonchev–Trinajstić information content (AvgIpc) is 3.27. The first-order valence-corrected chi connectivity index (χ1v) is 9.52. The highest BCUT2D eigenvalue weighted by Crippen LogP contribution is 2.20. The highest BCUT2D eigenvalue weighted by molar-refractivity contribution is 5.94. The molecular weight excluding hydrogens is 371 g/mol. The number of anilines is 2. The first-order valence-electron chi connectivity index (χ1n) is 9.52. The predicted octanol–water partition coefficient (Wildman–Crippen LogP) is 3.94. The monoisotopic (exact) mass is 392 g/mol. The van der Waals surface area contributed by atoms with E-state index in [0.29, 0.717) is 18.1 Å². The Labute approximate surface area is 168 Å². The summed E-state index contributed by atoms with van der Waals surface area (Å²) in [5.74, 6) is -0.00641. The molecular formula is C22H21FN4O2. The van der Waals surface area contributed by atoms with Crippen LogP contribution in [-0.2, 0) is 4.74 Å². The lowest BCUT2D eigenvalue weighted by atomic mass is 10.1. The normalized spacial score (nSPS) is 15.8. The molecule has 1 saturated heterocycles. The van der Waals surface area contributed by atoms with Crippen molar-refractivity contribution in [1.82, 2.24) is 15.3 Å². The summed E-state index contributed by atoms with van der Waals surface area (Å²) in [6, 6.07) is 13.4. The zero-order valence-electron chi connectivity index (χ0n) is 15.8. The van der Waals surface area contributed by atoms with Crippen LogP contribution in [0.25, 0.3) is 11.1 Å². The van der Waals surface area contributed by atoms with Gasteiger partial charge in [-0.05, 0) is 54.8 Å². The number of hydrogen-bond acceptors (Lipinski definition) is 5. The van der Waals surface area contributed by atoms with Gasteiger partial charge in [-0.2, -0.15) is 0 Å². The number of carbonyl (C=O) groups is 1. The van der Waals surface area contributed by atoms with Crippen LogP contribution in [0.3, 0.4) is 0 Å². The number of rotatable bonds is 6. The number of nitrogens with zero attached hydrogens (tertiary/aromatic N) is 2. The average molecular weight is 392 g/mol. The van der Waals surface area contributed by atoms with Crippen LogP contribution in [0.2, 0.25) is 0 Å². The van der Waals surface area contributed by atoms with E-state index >= 15 is 0 Å². The fourth-order valence-electron chi connectivity index (χ4n) is 3.16. The number of ether oxygens (including phenoxy) is 1. The second-order valence-corrected chi connectivity index (χ2v) is 6.85. The molecule has 1 aliphatic heterocycles. The fourth-order valence-corrected chi connectivity index (χ4v) is 3.16. The fraction of sp³-hybridized carbons (Fsp3) is 0.227. The molecule has 0 spiro atoms. The molecule has 1 fully saturated rings. The van der Waals surface area contributed by atoms with Gasteiger partial charge >= 0.3 is 0 Å². The van der Waals surface area contributed by atoms with E-state index in [-0.39, 0.29) is 17.8 Å². The van der Waals surface area contributed by atoms with E-state index in [2.05, 4.69) is 20.6 Å². The Morgan fingerprint density at radius 2 is 1.90 bits per heavy atom. The van der Waals surface area contributed by atoms with Crippen molar-refractivity contribution in [2.45, 2.75) is 18.9 Å². The van der Waals surface area contributed by atoms with Gasteiger partial charge in [0.25, 0.3) is 5.91 Å². The van der Waals surface area contributed by atoms with Gasteiger partial charge in [0, 0.05) is 42.4 Å². The van der Waals surface area contributed by atoms with Crippen molar-refractivity contribution in [3.63, 3.8) is 0 Å². The summed E-state index contributed by atoms with van der Waals surface area (Å²) in [4.78, 5) is 20.8. The molecule has 29 heavy (non-hydrogen) atoms. The molecule has 0 saturated carbocycles. The largest absolute Gasteiger partial charge is 0.376 e. The Bertz CT molecular complexity index is 971. The van der Waals surface area contributed by atoms with E-state index in [0.717, 1.165) is 36.3 Å². The highest BCUT2D eigenvalue weighted by atomic mass is 19.1. The summed E-state index contributed by atoms with van der Waals surface area (Å²) < 4.78 is 18.9. The van der Waals surface area contributed by atoms with Crippen molar-refractivity contribution in [2.24, 2.45) is 0 Å². The van der Waals surface area contributed by atoms with Crippen molar-refractivity contribution >= 4 is 17.5 Å². The van der Waals surface area contributed by atoms with Crippen molar-refractivity contribution in [2.75, 3.05) is 18.5 Å². The molecule has 0 bridgehead atoms. The molecule has 1 atom stereocenters. The van der Waals surface area contributed by atoms with Crippen LogP contribution in [0.5, 0.6) is 0 Å². The van der Waals surface area contributed by atoms with Gasteiger partial charge in [-0.1, -0.05) is 12.1 Å². The van der Waals surface area contributed by atoms with E-state index in [1.54, 1.807) is 48.8 Å². The summed E-state index contributed by atoms with van der Waals surface area (Å²) in [6.45, 7) is 1.30. The van der Waals surface area contributed by atoms with Crippen LogP contribution in [0, 0.1) is 5.82 Å². The number of nitrogens with one attached hydrogen (secondary N) is 2. The third-order valence-electron chi connectivity index (χ3n) is 4.73. The van der Waals surface area contributed by atoms with Crippen LogP contribution in [0.4, 0.5) is 16.0 Å². The molecule has 1 aromatic heterocycles. The molecule has 7 heteroatoms. The maximum atomic E-state index is 13.3. The first kappa shape index (κ1) is 19.0. The van der Waals surface area contributed by atoms with E-state index in [1.165, 1.54) is 12.1 Å². The standard InChI is InChI=1S/C22H21FN4O2/c23-18-4-1-3-16(11-18)17-12-25-22(26-13-17)27-19-8-6-15(7-9-19)21(28)24-14-20-5-2-10-29-20/h1,3-4,6-9,11-13,20H,2,5,10,14H2,(H,24,28)(H,25,26,27). The van der Waals surface area contributed by atoms with Crippen LogP contribution < -0.4 is 10.6 Å². The minimum Gasteiger partial charge on any atom is -0.376 e. The van der Waals surface area contributed by atoms with Crippen molar-refractivity contribution < 1.29 is 13.9 Å². The van der Waals surface area contributed by atoms with Gasteiger partial charge in [0.15, 0.2) is 0 Å². The van der Waals surface area contributed by atoms with Gasteiger partial charge in [0.2, 0.25) is 5.95 Å². The maximum absolute atomic E-state index is 13.3. The quantitative estimate of drug-likeness (QED) is 0.665. The topological polar surface area (TPSA) is 76.1 Å². The van der Waals surface area contributed by atoms with Crippen molar-refractivity contribution in [3.8, 4) is 11.1 Å². The molecule has 2 heterocycles. The second-order valence-electron chi connectivity index (χ2n) is 6.85. The number of carbonyl (C=O) groups excluding carboxylic acids is 1. The SMILES string of the molecule is O=C(NCC1CCCO1)c1ccc(Nc2ncc(-c3cccc(F)c3)cn2)cc1. The predicted molar refractivity (Wildman–Crippen MR) is 108 cm³/mol. The molecule has 2 aromatic carbocycles. The van der Waals surface area contributed by atoms with Crippen LogP contribution in [0.15, 0.2) is 60.9 Å².